The number of hydrogen-bond donors (Lipinski definition) is 0. The Morgan fingerprint density at radius 1 is 1.10 bits per heavy atom. The Hall–Kier alpha value is -2.14. The molecule has 0 atom stereocenters. The molecule has 100 valence electrons. The second-order valence-corrected chi connectivity index (χ2v) is 5.43. The summed E-state index contributed by atoms with van der Waals surface area (Å²) in [6.07, 6.45) is 0. The summed E-state index contributed by atoms with van der Waals surface area (Å²) in [6, 6.07) is 14.1. The van der Waals surface area contributed by atoms with Gasteiger partial charge in [0.1, 0.15) is 5.52 Å². The number of aromatic nitrogens is 2. The van der Waals surface area contributed by atoms with E-state index in [1.54, 1.807) is 31.2 Å². The molecule has 0 N–H and O–H groups in total. The standard InChI is InChI=1S/C15H11BrN2O2/c1-10-15(11-6-8-12(16)9-7-11)18(20)14-5-3-2-4-13(14)17(10)19/h2-9H,1H3. The van der Waals surface area contributed by atoms with Crippen LogP contribution in [0.25, 0.3) is 22.3 Å². The third-order valence-corrected chi connectivity index (χ3v) is 3.82. The van der Waals surface area contributed by atoms with Crippen molar-refractivity contribution in [2.24, 2.45) is 0 Å². The van der Waals surface area contributed by atoms with Crippen molar-refractivity contribution in [1.82, 2.24) is 4.73 Å². The molecule has 0 spiro atoms. The predicted octanol–water partition coefficient (Wildman–Crippen LogP) is 3.64. The first-order valence-corrected chi connectivity index (χ1v) is 6.89. The molecule has 0 unspecified atom stereocenters. The lowest BCUT2D eigenvalue weighted by molar-refractivity contribution is -0.452. The van der Waals surface area contributed by atoms with E-state index >= 15 is 0 Å². The van der Waals surface area contributed by atoms with Crippen LogP contribution in [0.4, 0.5) is 0 Å². The summed E-state index contributed by atoms with van der Waals surface area (Å²) in [5, 5.41) is 12.3. The molecule has 2 aromatic carbocycles. The fraction of sp³-hybridized carbons (Fsp3) is 0.0667. The largest absolute Gasteiger partial charge is 0.805 e. The van der Waals surface area contributed by atoms with Crippen LogP contribution in [0.2, 0.25) is 0 Å². The fourth-order valence-electron chi connectivity index (χ4n) is 2.29. The predicted molar refractivity (Wildman–Crippen MR) is 81.9 cm³/mol. The fourth-order valence-corrected chi connectivity index (χ4v) is 2.55. The van der Waals surface area contributed by atoms with Crippen LogP contribution >= 0.6 is 15.9 Å². The molecule has 0 saturated carbocycles. The van der Waals surface area contributed by atoms with Crippen molar-refractivity contribution in [3.63, 3.8) is 0 Å². The summed E-state index contributed by atoms with van der Waals surface area (Å²) in [6.45, 7) is 1.66. The molecule has 1 aromatic heterocycles. The van der Waals surface area contributed by atoms with Gasteiger partial charge >= 0.3 is 0 Å². The van der Waals surface area contributed by atoms with Crippen LogP contribution in [0.15, 0.2) is 53.0 Å². The molecule has 0 radical (unpaired) electrons. The van der Waals surface area contributed by atoms with E-state index in [2.05, 4.69) is 15.9 Å². The molecule has 5 heteroatoms. The maximum atomic E-state index is 12.5. The van der Waals surface area contributed by atoms with Gasteiger partial charge in [0.25, 0.3) is 11.2 Å². The van der Waals surface area contributed by atoms with Gasteiger partial charge in [0.2, 0.25) is 0 Å². The number of nitrogens with zero attached hydrogens (tertiary/aromatic N) is 2. The van der Waals surface area contributed by atoms with Gasteiger partial charge in [-0.2, -0.15) is 0 Å². The highest BCUT2D eigenvalue weighted by Crippen LogP contribution is 2.23. The number of para-hydroxylation sites is 2. The first kappa shape index (κ1) is 12.9. The molecule has 0 aliphatic heterocycles. The molecule has 0 fully saturated rings. The van der Waals surface area contributed by atoms with Gasteiger partial charge in [0, 0.05) is 15.4 Å². The van der Waals surface area contributed by atoms with Crippen LogP contribution in [-0.2, 0) is 0 Å². The Bertz CT molecular complexity index is 854. The maximum absolute atomic E-state index is 12.5. The summed E-state index contributed by atoms with van der Waals surface area (Å²) in [5.74, 6) is 0. The van der Waals surface area contributed by atoms with E-state index in [-0.39, 0.29) is 0 Å². The van der Waals surface area contributed by atoms with Gasteiger partial charge in [-0.1, -0.05) is 28.1 Å². The van der Waals surface area contributed by atoms with Crippen molar-refractivity contribution in [2.45, 2.75) is 6.92 Å². The smallest absolute Gasteiger partial charge is 0.289 e. The van der Waals surface area contributed by atoms with Gasteiger partial charge in [-0.15, -0.1) is 0 Å². The van der Waals surface area contributed by atoms with Crippen molar-refractivity contribution in [3.05, 3.63) is 68.8 Å². The second kappa shape index (κ2) is 4.76. The Kier molecular flexibility index (Phi) is 3.06. The molecule has 3 aromatic rings. The second-order valence-electron chi connectivity index (χ2n) is 4.52. The highest BCUT2D eigenvalue weighted by atomic mass is 79.9. The molecule has 0 amide bonds. The Labute approximate surface area is 123 Å². The first-order valence-electron chi connectivity index (χ1n) is 6.10. The number of rotatable bonds is 1. The van der Waals surface area contributed by atoms with Gasteiger partial charge in [-0.25, -0.2) is 0 Å². The minimum atomic E-state index is 0.367. The van der Waals surface area contributed by atoms with Gasteiger partial charge in [0.05, 0.1) is 15.7 Å². The van der Waals surface area contributed by atoms with Crippen LogP contribution in [0.1, 0.15) is 5.69 Å². The van der Waals surface area contributed by atoms with E-state index in [9.17, 15) is 10.1 Å². The molecule has 3 rings (SSSR count). The molecule has 0 saturated heterocycles. The molecule has 4 nitrogen and oxygen atoms in total. The summed E-state index contributed by atoms with van der Waals surface area (Å²) in [7, 11) is 0. The normalized spacial score (nSPS) is 10.9. The van der Waals surface area contributed by atoms with Crippen LogP contribution in [0.3, 0.4) is 0 Å². The Balaban J connectivity index is 2.42. The van der Waals surface area contributed by atoms with E-state index in [1.165, 1.54) is 0 Å². The number of halogens is 1. The summed E-state index contributed by atoms with van der Waals surface area (Å²) < 4.78 is 2.55. The average molecular weight is 331 g/mol. The topological polar surface area (TPSA) is 51.0 Å². The Morgan fingerprint density at radius 3 is 2.45 bits per heavy atom. The van der Waals surface area contributed by atoms with Gasteiger partial charge < -0.3 is 9.94 Å². The van der Waals surface area contributed by atoms with Gasteiger partial charge in [0.15, 0.2) is 0 Å². The van der Waals surface area contributed by atoms with Crippen LogP contribution in [0, 0.1) is 17.0 Å². The number of fused-ring (bicyclic) bond motifs is 1. The van der Waals surface area contributed by atoms with E-state index in [1.807, 2.05) is 24.3 Å². The minimum Gasteiger partial charge on any atom is -0.805 e. The van der Waals surface area contributed by atoms with E-state index in [4.69, 9.17) is 0 Å². The van der Waals surface area contributed by atoms with Crippen LogP contribution in [-0.4, -0.2) is 4.73 Å². The molecule has 0 bridgehead atoms. The zero-order valence-electron chi connectivity index (χ0n) is 10.7. The number of benzene rings is 2. The molecule has 0 aliphatic carbocycles. The van der Waals surface area contributed by atoms with Crippen molar-refractivity contribution in [1.29, 1.82) is 0 Å². The lowest BCUT2D eigenvalue weighted by Gasteiger charge is -2.16. The highest BCUT2D eigenvalue weighted by molar-refractivity contribution is 9.10. The van der Waals surface area contributed by atoms with Crippen LogP contribution in [0.5, 0.6) is 0 Å². The summed E-state index contributed by atoms with van der Waals surface area (Å²) in [4.78, 5) is 12.5. The molecule has 20 heavy (non-hydrogen) atoms. The summed E-state index contributed by atoms with van der Waals surface area (Å²) >= 11 is 3.36. The van der Waals surface area contributed by atoms with E-state index in [0.717, 1.165) is 19.2 Å². The molecular weight excluding hydrogens is 320 g/mol. The third kappa shape index (κ3) is 1.91. The highest BCUT2D eigenvalue weighted by Gasteiger charge is 2.21. The lowest BCUT2D eigenvalue weighted by Crippen LogP contribution is -2.23. The van der Waals surface area contributed by atoms with Crippen molar-refractivity contribution >= 4 is 27.0 Å². The average Bonchev–Trinajstić information content (AvgIpc) is 2.47. The zero-order chi connectivity index (χ0) is 14.3. The van der Waals surface area contributed by atoms with Gasteiger partial charge in [-0.05, 0) is 37.3 Å². The van der Waals surface area contributed by atoms with Crippen molar-refractivity contribution < 1.29 is 4.43 Å². The summed E-state index contributed by atoms with van der Waals surface area (Å²) in [5.41, 5.74) is 2.23. The SMILES string of the molecule is Cc1c(-c2ccc(Br)cc2)[n+](=O)c2ccccc2n1[O-]. The molecule has 1 heterocycles. The number of hydrogen-bond acceptors (Lipinski definition) is 2. The maximum Gasteiger partial charge on any atom is 0.289 e. The van der Waals surface area contributed by atoms with Crippen molar-refractivity contribution in [2.75, 3.05) is 0 Å². The van der Waals surface area contributed by atoms with Crippen LogP contribution < -0.4 is 4.43 Å². The minimum absolute atomic E-state index is 0.367. The Morgan fingerprint density at radius 2 is 1.75 bits per heavy atom. The van der Waals surface area contributed by atoms with E-state index in [0.29, 0.717) is 22.4 Å². The monoisotopic (exact) mass is 330 g/mol. The van der Waals surface area contributed by atoms with Crippen molar-refractivity contribution in [3.8, 4) is 11.3 Å². The third-order valence-electron chi connectivity index (χ3n) is 3.29. The van der Waals surface area contributed by atoms with Gasteiger partial charge in [-0.3, -0.25) is 0 Å². The lowest BCUT2D eigenvalue weighted by atomic mass is 10.1. The zero-order valence-corrected chi connectivity index (χ0v) is 12.3. The molecular formula is C15H11BrN2O2. The first-order chi connectivity index (χ1) is 9.59. The van der Waals surface area contributed by atoms with E-state index < -0.39 is 0 Å². The quantitative estimate of drug-likeness (QED) is 0.639. The molecule has 0 aliphatic rings.